The van der Waals surface area contributed by atoms with Gasteiger partial charge in [-0.3, -0.25) is 0 Å². The molecule has 0 radical (unpaired) electrons. The van der Waals surface area contributed by atoms with Gasteiger partial charge in [-0.25, -0.2) is 0 Å². The summed E-state index contributed by atoms with van der Waals surface area (Å²) in [5, 5.41) is 8.77. The fourth-order valence-corrected chi connectivity index (χ4v) is 2.07. The van der Waals surface area contributed by atoms with E-state index < -0.39 is 0 Å². The Hall–Kier alpha value is -1.02. The van der Waals surface area contributed by atoms with Crippen LogP contribution in [0.1, 0.15) is 31.4 Å². The number of benzene rings is 1. The van der Waals surface area contributed by atoms with Crippen molar-refractivity contribution in [1.29, 1.82) is 0 Å². The quantitative estimate of drug-likeness (QED) is 0.822. The maximum absolute atomic E-state index is 8.77. The topological polar surface area (TPSA) is 29.5 Å². The lowest BCUT2D eigenvalue weighted by Crippen LogP contribution is -2.24. The van der Waals surface area contributed by atoms with E-state index in [1.165, 1.54) is 11.1 Å². The smallest absolute Gasteiger partial charge is 0.123 e. The summed E-state index contributed by atoms with van der Waals surface area (Å²) in [5.74, 6) is 1.02. The van der Waals surface area contributed by atoms with E-state index in [0.717, 1.165) is 25.0 Å². The third-order valence-corrected chi connectivity index (χ3v) is 2.76. The first-order valence-electron chi connectivity index (χ1n) is 5.52. The van der Waals surface area contributed by atoms with E-state index in [-0.39, 0.29) is 12.2 Å². The Bertz CT molecular complexity index is 356. The normalized spacial score (nSPS) is 17.3. The summed E-state index contributed by atoms with van der Waals surface area (Å²) in [6.45, 7) is 4.48. The molecule has 1 aliphatic heterocycles. The summed E-state index contributed by atoms with van der Waals surface area (Å²) in [6, 6.07) is 6.40. The Balaban J connectivity index is 2.15. The zero-order valence-corrected chi connectivity index (χ0v) is 9.42. The first-order chi connectivity index (χ1) is 7.11. The SMILES string of the molecule is CC1(C)Cc2ccc(CCCO)cc2O1. The molecular formula is C13H18O2. The van der Waals surface area contributed by atoms with E-state index in [1.54, 1.807) is 0 Å². The highest BCUT2D eigenvalue weighted by atomic mass is 16.5. The minimum Gasteiger partial charge on any atom is -0.487 e. The van der Waals surface area contributed by atoms with Crippen molar-refractivity contribution in [2.24, 2.45) is 0 Å². The molecule has 1 aromatic rings. The molecule has 82 valence electrons. The maximum Gasteiger partial charge on any atom is 0.123 e. The lowest BCUT2D eigenvalue weighted by Gasteiger charge is -2.16. The number of ether oxygens (including phenoxy) is 1. The molecule has 0 amide bonds. The minimum atomic E-state index is -0.0576. The standard InChI is InChI=1S/C13H18O2/c1-13(2)9-11-6-5-10(4-3-7-14)8-12(11)15-13/h5-6,8,14H,3-4,7,9H2,1-2H3. The van der Waals surface area contributed by atoms with Crippen molar-refractivity contribution < 1.29 is 9.84 Å². The molecule has 2 heteroatoms. The van der Waals surface area contributed by atoms with Gasteiger partial charge in [-0.2, -0.15) is 0 Å². The van der Waals surface area contributed by atoms with Crippen LogP contribution in [-0.2, 0) is 12.8 Å². The Morgan fingerprint density at radius 3 is 2.93 bits per heavy atom. The van der Waals surface area contributed by atoms with Crippen LogP contribution in [0.5, 0.6) is 5.75 Å². The van der Waals surface area contributed by atoms with E-state index in [4.69, 9.17) is 9.84 Å². The second-order valence-corrected chi connectivity index (χ2v) is 4.81. The van der Waals surface area contributed by atoms with Gasteiger partial charge in [-0.1, -0.05) is 12.1 Å². The third-order valence-electron chi connectivity index (χ3n) is 2.76. The van der Waals surface area contributed by atoms with Crippen molar-refractivity contribution in [3.63, 3.8) is 0 Å². The average molecular weight is 206 g/mol. The summed E-state index contributed by atoms with van der Waals surface area (Å²) in [4.78, 5) is 0. The van der Waals surface area contributed by atoms with Crippen molar-refractivity contribution in [3.8, 4) is 5.75 Å². The number of aryl methyl sites for hydroxylation is 1. The number of aliphatic hydroxyl groups excluding tert-OH is 1. The van der Waals surface area contributed by atoms with Gasteiger partial charge in [0.1, 0.15) is 11.4 Å². The fourth-order valence-electron chi connectivity index (χ4n) is 2.07. The summed E-state index contributed by atoms with van der Waals surface area (Å²) >= 11 is 0. The highest BCUT2D eigenvalue weighted by molar-refractivity contribution is 5.42. The van der Waals surface area contributed by atoms with Gasteiger partial charge in [0.25, 0.3) is 0 Å². The van der Waals surface area contributed by atoms with Crippen LogP contribution in [0.2, 0.25) is 0 Å². The van der Waals surface area contributed by atoms with Gasteiger partial charge in [-0.15, -0.1) is 0 Å². The number of rotatable bonds is 3. The first-order valence-corrected chi connectivity index (χ1v) is 5.52. The number of fused-ring (bicyclic) bond motifs is 1. The van der Waals surface area contributed by atoms with E-state index in [0.29, 0.717) is 0 Å². The lowest BCUT2D eigenvalue weighted by atomic mass is 10.00. The lowest BCUT2D eigenvalue weighted by molar-refractivity contribution is 0.138. The zero-order chi connectivity index (χ0) is 10.9. The molecule has 2 nitrogen and oxygen atoms in total. The summed E-state index contributed by atoms with van der Waals surface area (Å²) in [5.41, 5.74) is 2.49. The number of hydrogen-bond donors (Lipinski definition) is 1. The molecule has 1 heterocycles. The van der Waals surface area contributed by atoms with Gasteiger partial charge in [0.2, 0.25) is 0 Å². The molecular weight excluding hydrogens is 188 g/mol. The second kappa shape index (κ2) is 3.86. The minimum absolute atomic E-state index is 0.0576. The zero-order valence-electron chi connectivity index (χ0n) is 9.42. The van der Waals surface area contributed by atoms with E-state index >= 15 is 0 Å². The highest BCUT2D eigenvalue weighted by Crippen LogP contribution is 2.35. The molecule has 15 heavy (non-hydrogen) atoms. The molecule has 0 saturated heterocycles. The van der Waals surface area contributed by atoms with Gasteiger partial charge in [0.15, 0.2) is 0 Å². The number of hydrogen-bond acceptors (Lipinski definition) is 2. The molecule has 0 unspecified atom stereocenters. The van der Waals surface area contributed by atoms with Gasteiger partial charge in [0, 0.05) is 13.0 Å². The van der Waals surface area contributed by atoms with Gasteiger partial charge in [0.05, 0.1) is 0 Å². The van der Waals surface area contributed by atoms with Crippen LogP contribution in [0.25, 0.3) is 0 Å². The second-order valence-electron chi connectivity index (χ2n) is 4.81. The molecule has 0 saturated carbocycles. The highest BCUT2D eigenvalue weighted by Gasteiger charge is 2.29. The van der Waals surface area contributed by atoms with E-state index in [9.17, 15) is 0 Å². The molecule has 1 aliphatic rings. The van der Waals surface area contributed by atoms with Gasteiger partial charge >= 0.3 is 0 Å². The van der Waals surface area contributed by atoms with Crippen LogP contribution in [0.4, 0.5) is 0 Å². The van der Waals surface area contributed by atoms with Gasteiger partial charge in [-0.05, 0) is 43.9 Å². The molecule has 0 bridgehead atoms. The van der Waals surface area contributed by atoms with Crippen LogP contribution >= 0.6 is 0 Å². The molecule has 2 rings (SSSR count). The number of aliphatic hydroxyl groups is 1. The first kappa shape index (κ1) is 10.5. The molecule has 1 N–H and O–H groups in total. The fraction of sp³-hybridized carbons (Fsp3) is 0.538. The van der Waals surface area contributed by atoms with E-state index in [1.807, 2.05) is 0 Å². The van der Waals surface area contributed by atoms with E-state index in [2.05, 4.69) is 32.0 Å². The molecule has 1 aromatic carbocycles. The van der Waals surface area contributed by atoms with Crippen molar-refractivity contribution in [2.45, 2.75) is 38.7 Å². The van der Waals surface area contributed by atoms with Crippen molar-refractivity contribution in [3.05, 3.63) is 29.3 Å². The molecule has 0 aromatic heterocycles. The molecule has 0 fully saturated rings. The van der Waals surface area contributed by atoms with Crippen molar-refractivity contribution in [2.75, 3.05) is 6.61 Å². The third kappa shape index (κ3) is 2.32. The van der Waals surface area contributed by atoms with Crippen LogP contribution < -0.4 is 4.74 Å². The predicted molar refractivity (Wildman–Crippen MR) is 60.3 cm³/mol. The van der Waals surface area contributed by atoms with Gasteiger partial charge < -0.3 is 9.84 Å². The largest absolute Gasteiger partial charge is 0.487 e. The maximum atomic E-state index is 8.77. The summed E-state index contributed by atoms with van der Waals surface area (Å²) < 4.78 is 5.85. The monoisotopic (exact) mass is 206 g/mol. The Morgan fingerprint density at radius 2 is 2.20 bits per heavy atom. The molecule has 0 atom stereocenters. The molecule has 0 spiro atoms. The van der Waals surface area contributed by atoms with Crippen LogP contribution in [0.15, 0.2) is 18.2 Å². The van der Waals surface area contributed by atoms with Crippen LogP contribution in [0.3, 0.4) is 0 Å². The van der Waals surface area contributed by atoms with Crippen LogP contribution in [-0.4, -0.2) is 17.3 Å². The average Bonchev–Trinajstić information content (AvgIpc) is 2.47. The Kier molecular flexibility index (Phi) is 2.70. The predicted octanol–water partition coefficient (Wildman–Crippen LogP) is 2.33. The van der Waals surface area contributed by atoms with Crippen molar-refractivity contribution >= 4 is 0 Å². The van der Waals surface area contributed by atoms with Crippen LogP contribution in [0, 0.1) is 0 Å². The van der Waals surface area contributed by atoms with Crippen molar-refractivity contribution in [1.82, 2.24) is 0 Å². The summed E-state index contributed by atoms with van der Waals surface area (Å²) in [7, 11) is 0. The summed E-state index contributed by atoms with van der Waals surface area (Å²) in [6.07, 6.45) is 2.73. The Morgan fingerprint density at radius 1 is 1.40 bits per heavy atom. The molecule has 0 aliphatic carbocycles. The Labute approximate surface area is 90.9 Å².